The number of aromatic nitrogens is 1. The fraction of sp³-hybridized carbons (Fsp3) is 0.346. The minimum atomic E-state index is -0.473. The molecule has 0 unspecified atom stereocenters. The molecular formula is C26H29N3O5S. The van der Waals surface area contributed by atoms with Gasteiger partial charge in [-0.05, 0) is 44.4 Å². The van der Waals surface area contributed by atoms with E-state index in [9.17, 15) is 14.4 Å². The molecule has 3 aromatic rings. The second-order valence-corrected chi connectivity index (χ2v) is 9.35. The number of hydrogen-bond acceptors (Lipinski definition) is 6. The highest BCUT2D eigenvalue weighted by molar-refractivity contribution is 7.20. The molecule has 0 saturated carbocycles. The Hall–Kier alpha value is -3.43. The number of amides is 2. The van der Waals surface area contributed by atoms with Crippen LogP contribution in [-0.4, -0.2) is 60.6 Å². The first-order chi connectivity index (χ1) is 16.8. The van der Waals surface area contributed by atoms with Crippen LogP contribution >= 0.6 is 11.3 Å². The van der Waals surface area contributed by atoms with E-state index in [0.717, 1.165) is 16.0 Å². The number of nitrogens with one attached hydrogen (secondary N) is 2. The van der Waals surface area contributed by atoms with E-state index in [-0.39, 0.29) is 18.2 Å². The zero-order valence-corrected chi connectivity index (χ0v) is 21.1. The monoisotopic (exact) mass is 495 g/mol. The molecular weight excluding hydrogens is 466 g/mol. The number of anilines is 1. The quantitative estimate of drug-likeness (QED) is 0.488. The SMILES string of the molecule is CCOC(=O)c1c(C)[nH]c(C(=O)Nc2sc(-c3ccccc3)c(C)c2C(=O)N2CCOCC2)c1C. The molecule has 35 heavy (non-hydrogen) atoms. The predicted molar refractivity (Wildman–Crippen MR) is 135 cm³/mol. The molecule has 0 aliphatic carbocycles. The molecule has 2 aromatic heterocycles. The highest BCUT2D eigenvalue weighted by Crippen LogP contribution is 2.41. The lowest BCUT2D eigenvalue weighted by molar-refractivity contribution is 0.0303. The van der Waals surface area contributed by atoms with Crippen LogP contribution in [0.5, 0.6) is 0 Å². The number of carbonyl (C=O) groups excluding carboxylic acids is 3. The number of H-pyrrole nitrogens is 1. The standard InChI is InChI=1S/C26H29N3O5S/c1-5-34-26(32)19-15(2)21(27-17(19)4)23(30)28-24-20(25(31)29-11-13-33-14-12-29)16(3)22(35-24)18-9-7-6-8-10-18/h6-10,27H,5,11-14H2,1-4H3,(H,28,30). The highest BCUT2D eigenvalue weighted by atomic mass is 32.1. The number of rotatable bonds is 6. The summed E-state index contributed by atoms with van der Waals surface area (Å²) in [5, 5.41) is 3.43. The number of aromatic amines is 1. The molecule has 1 aromatic carbocycles. The molecule has 8 nitrogen and oxygen atoms in total. The molecule has 184 valence electrons. The number of aryl methyl sites for hydroxylation is 1. The first kappa shape index (κ1) is 24.7. The van der Waals surface area contributed by atoms with Crippen molar-refractivity contribution in [3.8, 4) is 10.4 Å². The van der Waals surface area contributed by atoms with Crippen LogP contribution in [0, 0.1) is 20.8 Å². The lowest BCUT2D eigenvalue weighted by Gasteiger charge is -2.27. The Morgan fingerprint density at radius 2 is 1.74 bits per heavy atom. The number of morpholine rings is 1. The van der Waals surface area contributed by atoms with Gasteiger partial charge < -0.3 is 24.7 Å². The molecule has 1 aliphatic rings. The molecule has 9 heteroatoms. The van der Waals surface area contributed by atoms with E-state index in [2.05, 4.69) is 10.3 Å². The van der Waals surface area contributed by atoms with E-state index in [1.165, 1.54) is 11.3 Å². The van der Waals surface area contributed by atoms with Gasteiger partial charge in [-0.25, -0.2) is 4.79 Å². The maximum absolute atomic E-state index is 13.5. The van der Waals surface area contributed by atoms with E-state index >= 15 is 0 Å². The molecule has 3 heterocycles. The summed E-state index contributed by atoms with van der Waals surface area (Å²) in [6.45, 7) is 9.30. The van der Waals surface area contributed by atoms with Crippen LogP contribution in [0.1, 0.15) is 54.9 Å². The van der Waals surface area contributed by atoms with Crippen LogP contribution in [-0.2, 0) is 9.47 Å². The van der Waals surface area contributed by atoms with Crippen molar-refractivity contribution in [3.05, 3.63) is 64.0 Å². The molecule has 1 saturated heterocycles. The zero-order chi connectivity index (χ0) is 25.1. The van der Waals surface area contributed by atoms with E-state index in [0.29, 0.717) is 53.7 Å². The van der Waals surface area contributed by atoms with Crippen molar-refractivity contribution in [1.82, 2.24) is 9.88 Å². The van der Waals surface area contributed by atoms with Crippen molar-refractivity contribution < 1.29 is 23.9 Å². The number of nitrogens with zero attached hydrogens (tertiary/aromatic N) is 1. The number of hydrogen-bond donors (Lipinski definition) is 2. The van der Waals surface area contributed by atoms with Gasteiger partial charge in [0.1, 0.15) is 10.7 Å². The summed E-state index contributed by atoms with van der Waals surface area (Å²) in [5.74, 6) is -1.02. The first-order valence-electron chi connectivity index (χ1n) is 11.6. The van der Waals surface area contributed by atoms with Crippen molar-refractivity contribution in [1.29, 1.82) is 0 Å². The van der Waals surface area contributed by atoms with Gasteiger partial charge >= 0.3 is 5.97 Å². The number of benzene rings is 1. The summed E-state index contributed by atoms with van der Waals surface area (Å²) >= 11 is 1.37. The van der Waals surface area contributed by atoms with Crippen molar-refractivity contribution >= 4 is 34.1 Å². The average molecular weight is 496 g/mol. The maximum Gasteiger partial charge on any atom is 0.340 e. The number of ether oxygens (including phenoxy) is 2. The molecule has 0 spiro atoms. The third kappa shape index (κ3) is 4.87. The summed E-state index contributed by atoms with van der Waals surface area (Å²) < 4.78 is 10.5. The Morgan fingerprint density at radius 3 is 2.40 bits per heavy atom. The maximum atomic E-state index is 13.5. The summed E-state index contributed by atoms with van der Waals surface area (Å²) in [5.41, 5.74) is 3.97. The summed E-state index contributed by atoms with van der Waals surface area (Å²) in [7, 11) is 0. The van der Waals surface area contributed by atoms with Gasteiger partial charge in [-0.3, -0.25) is 9.59 Å². The molecule has 2 N–H and O–H groups in total. The average Bonchev–Trinajstić information content (AvgIpc) is 3.34. The van der Waals surface area contributed by atoms with E-state index in [1.807, 2.05) is 37.3 Å². The zero-order valence-electron chi connectivity index (χ0n) is 20.3. The third-order valence-electron chi connectivity index (χ3n) is 6.07. The Kier molecular flexibility index (Phi) is 7.37. The molecule has 2 amide bonds. The van der Waals surface area contributed by atoms with E-state index in [1.54, 1.807) is 25.7 Å². The van der Waals surface area contributed by atoms with Gasteiger partial charge in [0.15, 0.2) is 0 Å². The van der Waals surface area contributed by atoms with Gasteiger partial charge in [0.25, 0.3) is 11.8 Å². The molecule has 0 radical (unpaired) electrons. The second-order valence-electron chi connectivity index (χ2n) is 8.33. The minimum Gasteiger partial charge on any atom is -0.462 e. The van der Waals surface area contributed by atoms with Crippen LogP contribution in [0.3, 0.4) is 0 Å². The predicted octanol–water partition coefficient (Wildman–Crippen LogP) is 4.57. The van der Waals surface area contributed by atoms with E-state index < -0.39 is 11.9 Å². The van der Waals surface area contributed by atoms with Crippen molar-refractivity contribution in [2.45, 2.75) is 27.7 Å². The fourth-order valence-electron chi connectivity index (χ4n) is 4.30. The van der Waals surface area contributed by atoms with Gasteiger partial charge in [-0.15, -0.1) is 11.3 Å². The van der Waals surface area contributed by atoms with Crippen LogP contribution in [0.25, 0.3) is 10.4 Å². The number of thiophene rings is 1. The largest absolute Gasteiger partial charge is 0.462 e. The van der Waals surface area contributed by atoms with Gasteiger partial charge in [0, 0.05) is 23.7 Å². The summed E-state index contributed by atoms with van der Waals surface area (Å²) in [6, 6.07) is 9.79. The molecule has 0 atom stereocenters. The van der Waals surface area contributed by atoms with Crippen molar-refractivity contribution in [3.63, 3.8) is 0 Å². The van der Waals surface area contributed by atoms with Crippen LogP contribution in [0.2, 0.25) is 0 Å². The molecule has 1 aliphatic heterocycles. The van der Waals surface area contributed by atoms with Crippen LogP contribution in [0.4, 0.5) is 5.00 Å². The van der Waals surface area contributed by atoms with Gasteiger partial charge in [-0.1, -0.05) is 30.3 Å². The number of esters is 1. The Labute approximate surface area is 208 Å². The fourth-order valence-corrected chi connectivity index (χ4v) is 5.50. The smallest absolute Gasteiger partial charge is 0.340 e. The lowest BCUT2D eigenvalue weighted by atomic mass is 10.1. The number of carbonyl (C=O) groups is 3. The Balaban J connectivity index is 1.72. The molecule has 0 bridgehead atoms. The third-order valence-corrected chi connectivity index (χ3v) is 7.32. The highest BCUT2D eigenvalue weighted by Gasteiger charge is 2.29. The summed E-state index contributed by atoms with van der Waals surface area (Å²) in [4.78, 5) is 45.0. The summed E-state index contributed by atoms with van der Waals surface area (Å²) in [6.07, 6.45) is 0. The van der Waals surface area contributed by atoms with Crippen molar-refractivity contribution in [2.24, 2.45) is 0 Å². The normalized spacial score (nSPS) is 13.5. The van der Waals surface area contributed by atoms with E-state index in [4.69, 9.17) is 9.47 Å². The molecule has 4 rings (SSSR count). The van der Waals surface area contributed by atoms with Crippen molar-refractivity contribution in [2.75, 3.05) is 38.2 Å². The van der Waals surface area contributed by atoms with Gasteiger partial charge in [0.2, 0.25) is 0 Å². The molecule has 1 fully saturated rings. The Morgan fingerprint density at radius 1 is 1.06 bits per heavy atom. The van der Waals surface area contributed by atoms with Gasteiger partial charge in [0.05, 0.1) is 30.9 Å². The topological polar surface area (TPSA) is 101 Å². The van der Waals surface area contributed by atoms with Crippen LogP contribution < -0.4 is 5.32 Å². The minimum absolute atomic E-state index is 0.133. The lowest BCUT2D eigenvalue weighted by Crippen LogP contribution is -2.41. The Bertz CT molecular complexity index is 1260. The van der Waals surface area contributed by atoms with Crippen LogP contribution in [0.15, 0.2) is 30.3 Å². The second kappa shape index (κ2) is 10.5. The first-order valence-corrected chi connectivity index (χ1v) is 12.4. The van der Waals surface area contributed by atoms with Gasteiger partial charge in [-0.2, -0.15) is 0 Å².